The fourth-order valence-electron chi connectivity index (χ4n) is 1.60. The van der Waals surface area contributed by atoms with Crippen LogP contribution in [0.25, 0.3) is 0 Å². The minimum atomic E-state index is -0.690. The van der Waals surface area contributed by atoms with Crippen molar-refractivity contribution in [3.8, 4) is 5.75 Å². The van der Waals surface area contributed by atoms with E-state index in [0.717, 1.165) is 5.56 Å². The lowest BCUT2D eigenvalue weighted by Crippen LogP contribution is -2.26. The van der Waals surface area contributed by atoms with Gasteiger partial charge < -0.3 is 14.6 Å². The summed E-state index contributed by atoms with van der Waals surface area (Å²) >= 11 is 0. The van der Waals surface area contributed by atoms with Gasteiger partial charge in [-0.25, -0.2) is 4.79 Å². The SMILES string of the molecule is CCOC(=O)C(C)Oc1ccc(C)cc1[C@H](C)O. The van der Waals surface area contributed by atoms with Crippen LogP contribution in [0.5, 0.6) is 5.75 Å². The molecule has 0 saturated carbocycles. The average molecular weight is 252 g/mol. The summed E-state index contributed by atoms with van der Waals surface area (Å²) in [6.45, 7) is 7.30. The molecule has 0 saturated heterocycles. The first-order valence-corrected chi connectivity index (χ1v) is 6.07. The Kier molecular flexibility index (Phi) is 5.16. The molecular formula is C14H20O4. The van der Waals surface area contributed by atoms with Crippen molar-refractivity contribution in [3.05, 3.63) is 29.3 Å². The summed E-state index contributed by atoms with van der Waals surface area (Å²) in [7, 11) is 0. The van der Waals surface area contributed by atoms with Crippen molar-refractivity contribution < 1.29 is 19.4 Å². The Morgan fingerprint density at radius 1 is 1.39 bits per heavy atom. The van der Waals surface area contributed by atoms with Crippen molar-refractivity contribution >= 4 is 5.97 Å². The number of hydrogen-bond acceptors (Lipinski definition) is 4. The number of hydrogen-bond donors (Lipinski definition) is 1. The number of aryl methyl sites for hydroxylation is 1. The summed E-state index contributed by atoms with van der Waals surface area (Å²) in [5.41, 5.74) is 1.70. The fourth-order valence-corrected chi connectivity index (χ4v) is 1.60. The van der Waals surface area contributed by atoms with E-state index >= 15 is 0 Å². The highest BCUT2D eigenvalue weighted by molar-refractivity contribution is 5.74. The highest BCUT2D eigenvalue weighted by Gasteiger charge is 2.18. The third-order valence-corrected chi connectivity index (χ3v) is 2.54. The first-order valence-electron chi connectivity index (χ1n) is 6.07. The van der Waals surface area contributed by atoms with Gasteiger partial charge in [0.25, 0.3) is 0 Å². The zero-order chi connectivity index (χ0) is 13.7. The van der Waals surface area contributed by atoms with Crippen molar-refractivity contribution in [2.45, 2.75) is 39.9 Å². The molecular weight excluding hydrogens is 232 g/mol. The van der Waals surface area contributed by atoms with Crippen LogP contribution in [0.4, 0.5) is 0 Å². The number of carbonyl (C=O) groups excluding carboxylic acids is 1. The van der Waals surface area contributed by atoms with Crippen LogP contribution in [0, 0.1) is 6.92 Å². The Hall–Kier alpha value is -1.55. The molecule has 0 aromatic heterocycles. The van der Waals surface area contributed by atoms with Crippen LogP contribution < -0.4 is 4.74 Å². The summed E-state index contributed by atoms with van der Waals surface area (Å²) in [6, 6.07) is 5.48. The minimum absolute atomic E-state index is 0.323. The van der Waals surface area contributed by atoms with Gasteiger partial charge in [0.05, 0.1) is 12.7 Å². The van der Waals surface area contributed by atoms with Crippen LogP contribution in [0.2, 0.25) is 0 Å². The number of benzene rings is 1. The lowest BCUT2D eigenvalue weighted by atomic mass is 10.1. The molecule has 100 valence electrons. The molecule has 0 radical (unpaired) electrons. The molecule has 0 fully saturated rings. The highest BCUT2D eigenvalue weighted by atomic mass is 16.6. The van der Waals surface area contributed by atoms with Crippen LogP contribution in [0.1, 0.15) is 38.0 Å². The molecule has 0 aliphatic heterocycles. The second-order valence-corrected chi connectivity index (χ2v) is 4.23. The third kappa shape index (κ3) is 3.74. The molecule has 4 nitrogen and oxygen atoms in total. The number of aliphatic hydroxyl groups is 1. The van der Waals surface area contributed by atoms with E-state index in [2.05, 4.69) is 0 Å². The van der Waals surface area contributed by atoms with Crippen LogP contribution in [-0.2, 0) is 9.53 Å². The van der Waals surface area contributed by atoms with E-state index in [0.29, 0.717) is 17.9 Å². The average Bonchev–Trinajstić information content (AvgIpc) is 2.31. The van der Waals surface area contributed by atoms with Crippen LogP contribution in [0.15, 0.2) is 18.2 Å². The molecule has 1 rings (SSSR count). The highest BCUT2D eigenvalue weighted by Crippen LogP contribution is 2.27. The molecule has 0 amide bonds. The first kappa shape index (κ1) is 14.5. The standard InChI is InChI=1S/C14H20O4/c1-5-17-14(16)11(4)18-13-7-6-9(2)8-12(13)10(3)15/h6-8,10-11,15H,5H2,1-4H3/t10-,11?/m0/s1. The smallest absolute Gasteiger partial charge is 0.347 e. The summed E-state index contributed by atoms with van der Waals surface area (Å²) in [6.07, 6.45) is -1.33. The Morgan fingerprint density at radius 2 is 2.06 bits per heavy atom. The summed E-state index contributed by atoms with van der Waals surface area (Å²) in [5, 5.41) is 9.69. The molecule has 0 aliphatic rings. The first-order chi connectivity index (χ1) is 8.45. The maximum atomic E-state index is 11.5. The van der Waals surface area contributed by atoms with Crippen LogP contribution >= 0.6 is 0 Å². The van der Waals surface area contributed by atoms with Crippen LogP contribution in [0.3, 0.4) is 0 Å². The van der Waals surface area contributed by atoms with Crippen molar-refractivity contribution in [1.82, 2.24) is 0 Å². The van der Waals surface area contributed by atoms with Gasteiger partial charge in [0.1, 0.15) is 5.75 Å². The van der Waals surface area contributed by atoms with E-state index in [9.17, 15) is 9.90 Å². The van der Waals surface area contributed by atoms with Gasteiger partial charge in [-0.15, -0.1) is 0 Å². The lowest BCUT2D eigenvalue weighted by molar-refractivity contribution is -0.150. The van der Waals surface area contributed by atoms with Gasteiger partial charge in [-0.3, -0.25) is 0 Å². The number of rotatable bonds is 5. The van der Waals surface area contributed by atoms with E-state index in [-0.39, 0.29) is 0 Å². The van der Waals surface area contributed by atoms with Crippen LogP contribution in [-0.4, -0.2) is 23.8 Å². The van der Waals surface area contributed by atoms with E-state index in [1.807, 2.05) is 19.1 Å². The van der Waals surface area contributed by atoms with Crippen molar-refractivity contribution in [2.24, 2.45) is 0 Å². The maximum absolute atomic E-state index is 11.5. The zero-order valence-corrected chi connectivity index (χ0v) is 11.3. The quantitative estimate of drug-likeness (QED) is 0.817. The topological polar surface area (TPSA) is 55.8 Å². The Bertz CT molecular complexity index is 412. The monoisotopic (exact) mass is 252 g/mol. The molecule has 4 heteroatoms. The van der Waals surface area contributed by atoms with E-state index < -0.39 is 18.2 Å². The maximum Gasteiger partial charge on any atom is 0.347 e. The van der Waals surface area contributed by atoms with Gasteiger partial charge in [0.2, 0.25) is 0 Å². The summed E-state index contributed by atoms with van der Waals surface area (Å²) < 4.78 is 10.4. The molecule has 1 N–H and O–H groups in total. The van der Waals surface area contributed by atoms with Gasteiger partial charge in [0.15, 0.2) is 6.10 Å². The molecule has 0 spiro atoms. The second-order valence-electron chi connectivity index (χ2n) is 4.23. The Morgan fingerprint density at radius 3 is 2.61 bits per heavy atom. The summed E-state index contributed by atoms with van der Waals surface area (Å²) in [5.74, 6) is 0.103. The minimum Gasteiger partial charge on any atom is -0.479 e. The van der Waals surface area contributed by atoms with Gasteiger partial charge in [0, 0.05) is 5.56 Å². The largest absolute Gasteiger partial charge is 0.479 e. The molecule has 2 atom stereocenters. The fraction of sp³-hybridized carbons (Fsp3) is 0.500. The molecule has 1 aromatic rings. The normalized spacial score (nSPS) is 13.8. The van der Waals surface area contributed by atoms with Crippen molar-refractivity contribution in [1.29, 1.82) is 0 Å². The van der Waals surface area contributed by atoms with Gasteiger partial charge in [-0.05, 0) is 39.8 Å². The number of aliphatic hydroxyl groups excluding tert-OH is 1. The van der Waals surface area contributed by atoms with Gasteiger partial charge in [-0.2, -0.15) is 0 Å². The molecule has 1 aromatic carbocycles. The van der Waals surface area contributed by atoms with E-state index in [4.69, 9.17) is 9.47 Å². The van der Waals surface area contributed by atoms with E-state index in [1.165, 1.54) is 0 Å². The molecule has 1 unspecified atom stereocenters. The Labute approximate surface area is 108 Å². The van der Waals surface area contributed by atoms with Crippen molar-refractivity contribution in [3.63, 3.8) is 0 Å². The lowest BCUT2D eigenvalue weighted by Gasteiger charge is -2.18. The van der Waals surface area contributed by atoms with E-state index in [1.54, 1.807) is 26.8 Å². The molecule has 0 bridgehead atoms. The van der Waals surface area contributed by atoms with Crippen molar-refractivity contribution in [2.75, 3.05) is 6.61 Å². The molecule has 18 heavy (non-hydrogen) atoms. The predicted molar refractivity (Wildman–Crippen MR) is 68.5 cm³/mol. The molecule has 0 heterocycles. The Balaban J connectivity index is 2.87. The number of esters is 1. The zero-order valence-electron chi connectivity index (χ0n) is 11.3. The van der Waals surface area contributed by atoms with Gasteiger partial charge in [-0.1, -0.05) is 11.6 Å². The predicted octanol–water partition coefficient (Wildman–Crippen LogP) is 2.38. The summed E-state index contributed by atoms with van der Waals surface area (Å²) in [4.78, 5) is 11.5. The number of ether oxygens (including phenoxy) is 2. The third-order valence-electron chi connectivity index (χ3n) is 2.54. The number of carbonyl (C=O) groups is 1. The second kappa shape index (κ2) is 6.40. The van der Waals surface area contributed by atoms with Gasteiger partial charge >= 0.3 is 5.97 Å². The molecule has 0 aliphatic carbocycles.